The molecule has 4 heteroatoms. The highest BCUT2D eigenvalue weighted by Crippen LogP contribution is 2.43. The SMILES string of the molecule is COc1cccc2c1N(C(C)=O)CCC1(CCNC1)C2. The van der Waals surface area contributed by atoms with Crippen LogP contribution in [-0.4, -0.2) is 32.7 Å². The summed E-state index contributed by atoms with van der Waals surface area (Å²) in [5.74, 6) is 0.902. The first-order valence-corrected chi connectivity index (χ1v) is 7.30. The number of hydrogen-bond acceptors (Lipinski definition) is 3. The molecule has 1 amide bonds. The van der Waals surface area contributed by atoms with E-state index in [9.17, 15) is 4.79 Å². The van der Waals surface area contributed by atoms with Crippen LogP contribution < -0.4 is 15.0 Å². The Labute approximate surface area is 120 Å². The Balaban J connectivity index is 2.08. The molecule has 0 radical (unpaired) electrons. The molecule has 0 bridgehead atoms. The first-order chi connectivity index (χ1) is 9.65. The molecular weight excluding hydrogens is 252 g/mol. The third-order valence-electron chi connectivity index (χ3n) is 4.72. The highest BCUT2D eigenvalue weighted by atomic mass is 16.5. The summed E-state index contributed by atoms with van der Waals surface area (Å²) in [7, 11) is 1.67. The zero-order valence-corrected chi connectivity index (χ0v) is 12.2. The molecule has 2 aliphatic rings. The summed E-state index contributed by atoms with van der Waals surface area (Å²) < 4.78 is 5.49. The summed E-state index contributed by atoms with van der Waals surface area (Å²) >= 11 is 0. The molecule has 1 spiro atoms. The van der Waals surface area contributed by atoms with Crippen molar-refractivity contribution < 1.29 is 9.53 Å². The number of carbonyl (C=O) groups excluding carboxylic acids is 1. The van der Waals surface area contributed by atoms with E-state index in [4.69, 9.17) is 4.74 Å². The molecule has 1 aromatic carbocycles. The van der Waals surface area contributed by atoms with Crippen LogP contribution in [-0.2, 0) is 11.2 Å². The summed E-state index contributed by atoms with van der Waals surface area (Å²) in [6, 6.07) is 6.11. The van der Waals surface area contributed by atoms with Crippen LogP contribution in [0.3, 0.4) is 0 Å². The monoisotopic (exact) mass is 274 g/mol. The number of amides is 1. The minimum Gasteiger partial charge on any atom is -0.495 e. The molecule has 1 fully saturated rings. The fourth-order valence-electron chi connectivity index (χ4n) is 3.61. The van der Waals surface area contributed by atoms with Gasteiger partial charge in [0.1, 0.15) is 5.75 Å². The molecule has 108 valence electrons. The summed E-state index contributed by atoms with van der Waals surface area (Å²) in [6.45, 7) is 4.56. The Morgan fingerprint density at radius 3 is 2.90 bits per heavy atom. The number of methoxy groups -OCH3 is 1. The van der Waals surface area contributed by atoms with Crippen LogP contribution in [0.4, 0.5) is 5.69 Å². The van der Waals surface area contributed by atoms with Crippen LogP contribution in [0.15, 0.2) is 18.2 Å². The molecule has 1 saturated heterocycles. The molecule has 1 atom stereocenters. The van der Waals surface area contributed by atoms with E-state index in [2.05, 4.69) is 11.4 Å². The maximum Gasteiger partial charge on any atom is 0.223 e. The number of ether oxygens (including phenoxy) is 1. The fraction of sp³-hybridized carbons (Fsp3) is 0.562. The average Bonchev–Trinajstić information content (AvgIpc) is 2.81. The van der Waals surface area contributed by atoms with E-state index in [-0.39, 0.29) is 5.91 Å². The van der Waals surface area contributed by atoms with E-state index < -0.39 is 0 Å². The summed E-state index contributed by atoms with van der Waals surface area (Å²) in [5.41, 5.74) is 2.51. The maximum absolute atomic E-state index is 12.0. The van der Waals surface area contributed by atoms with Gasteiger partial charge in [0.2, 0.25) is 5.91 Å². The molecule has 2 aliphatic heterocycles. The Kier molecular flexibility index (Phi) is 3.42. The first-order valence-electron chi connectivity index (χ1n) is 7.30. The van der Waals surface area contributed by atoms with Gasteiger partial charge in [-0.3, -0.25) is 4.79 Å². The van der Waals surface area contributed by atoms with E-state index >= 15 is 0 Å². The van der Waals surface area contributed by atoms with Crippen molar-refractivity contribution in [1.82, 2.24) is 5.32 Å². The van der Waals surface area contributed by atoms with Gasteiger partial charge in [-0.2, -0.15) is 0 Å². The van der Waals surface area contributed by atoms with Crippen molar-refractivity contribution in [2.45, 2.75) is 26.2 Å². The normalized spacial score (nSPS) is 25.4. The molecule has 20 heavy (non-hydrogen) atoms. The minimum atomic E-state index is 0.0961. The lowest BCUT2D eigenvalue weighted by Crippen LogP contribution is -2.32. The number of nitrogens with zero attached hydrogens (tertiary/aromatic N) is 1. The van der Waals surface area contributed by atoms with E-state index in [1.165, 1.54) is 12.0 Å². The predicted molar refractivity (Wildman–Crippen MR) is 79.3 cm³/mol. The molecule has 1 aromatic rings. The Hall–Kier alpha value is -1.55. The number of para-hydroxylation sites is 1. The van der Waals surface area contributed by atoms with E-state index in [1.807, 2.05) is 17.0 Å². The Morgan fingerprint density at radius 1 is 1.40 bits per heavy atom. The van der Waals surface area contributed by atoms with Gasteiger partial charge in [-0.25, -0.2) is 0 Å². The lowest BCUT2D eigenvalue weighted by atomic mass is 9.78. The molecular formula is C16H22N2O2. The highest BCUT2D eigenvalue weighted by molar-refractivity contribution is 5.94. The van der Waals surface area contributed by atoms with Gasteiger partial charge in [-0.15, -0.1) is 0 Å². The van der Waals surface area contributed by atoms with Gasteiger partial charge in [0, 0.05) is 20.0 Å². The van der Waals surface area contributed by atoms with Crippen molar-refractivity contribution in [3.8, 4) is 5.75 Å². The standard InChI is InChI=1S/C16H22N2O2/c1-12(19)18-9-7-16(6-8-17-11-16)10-13-4-3-5-14(20-2)15(13)18/h3-5,17H,6-11H2,1-2H3. The lowest BCUT2D eigenvalue weighted by molar-refractivity contribution is -0.116. The van der Waals surface area contributed by atoms with E-state index in [0.717, 1.165) is 43.9 Å². The van der Waals surface area contributed by atoms with Crippen molar-refractivity contribution >= 4 is 11.6 Å². The van der Waals surface area contributed by atoms with Crippen molar-refractivity contribution in [3.05, 3.63) is 23.8 Å². The van der Waals surface area contributed by atoms with Gasteiger partial charge in [0.25, 0.3) is 0 Å². The van der Waals surface area contributed by atoms with Crippen molar-refractivity contribution in [2.24, 2.45) is 5.41 Å². The van der Waals surface area contributed by atoms with Crippen molar-refractivity contribution in [1.29, 1.82) is 0 Å². The van der Waals surface area contributed by atoms with Crippen LogP contribution in [0, 0.1) is 5.41 Å². The Morgan fingerprint density at radius 2 is 2.25 bits per heavy atom. The molecule has 3 rings (SSSR count). The number of anilines is 1. The van der Waals surface area contributed by atoms with Gasteiger partial charge >= 0.3 is 0 Å². The van der Waals surface area contributed by atoms with Crippen molar-refractivity contribution in [2.75, 3.05) is 31.6 Å². The summed E-state index contributed by atoms with van der Waals surface area (Å²) in [5, 5.41) is 3.48. The van der Waals surface area contributed by atoms with E-state index in [1.54, 1.807) is 14.0 Å². The average molecular weight is 274 g/mol. The number of hydrogen-bond donors (Lipinski definition) is 1. The summed E-state index contributed by atoms with van der Waals surface area (Å²) in [4.78, 5) is 13.9. The second-order valence-electron chi connectivity index (χ2n) is 5.99. The topological polar surface area (TPSA) is 41.6 Å². The third-order valence-corrected chi connectivity index (χ3v) is 4.72. The quantitative estimate of drug-likeness (QED) is 0.851. The first kappa shape index (κ1) is 13.4. The van der Waals surface area contributed by atoms with Gasteiger partial charge < -0.3 is 15.0 Å². The maximum atomic E-state index is 12.0. The number of rotatable bonds is 1. The molecule has 0 saturated carbocycles. The number of fused-ring (bicyclic) bond motifs is 1. The smallest absolute Gasteiger partial charge is 0.223 e. The summed E-state index contributed by atoms with van der Waals surface area (Å²) in [6.07, 6.45) is 3.27. The van der Waals surface area contributed by atoms with Crippen LogP contribution in [0.25, 0.3) is 0 Å². The molecule has 4 nitrogen and oxygen atoms in total. The molecule has 0 aliphatic carbocycles. The fourth-order valence-corrected chi connectivity index (χ4v) is 3.61. The van der Waals surface area contributed by atoms with Crippen LogP contribution in [0.2, 0.25) is 0 Å². The Bertz CT molecular complexity index is 521. The van der Waals surface area contributed by atoms with Gasteiger partial charge in [-0.1, -0.05) is 12.1 Å². The zero-order valence-electron chi connectivity index (χ0n) is 12.2. The largest absolute Gasteiger partial charge is 0.495 e. The number of benzene rings is 1. The van der Waals surface area contributed by atoms with Gasteiger partial charge in [-0.05, 0) is 42.9 Å². The van der Waals surface area contributed by atoms with Crippen molar-refractivity contribution in [3.63, 3.8) is 0 Å². The zero-order chi connectivity index (χ0) is 14.2. The van der Waals surface area contributed by atoms with Crippen LogP contribution >= 0.6 is 0 Å². The number of carbonyl (C=O) groups is 1. The minimum absolute atomic E-state index is 0.0961. The van der Waals surface area contributed by atoms with Gasteiger partial charge in [0.15, 0.2) is 0 Å². The van der Waals surface area contributed by atoms with Gasteiger partial charge in [0.05, 0.1) is 12.8 Å². The predicted octanol–water partition coefficient (Wildman–Crippen LogP) is 1.97. The van der Waals surface area contributed by atoms with Crippen LogP contribution in [0.5, 0.6) is 5.75 Å². The molecule has 2 heterocycles. The van der Waals surface area contributed by atoms with Crippen LogP contribution in [0.1, 0.15) is 25.3 Å². The lowest BCUT2D eigenvalue weighted by Gasteiger charge is -2.26. The third kappa shape index (κ3) is 2.18. The number of nitrogens with one attached hydrogen (secondary N) is 1. The molecule has 0 aromatic heterocycles. The second-order valence-corrected chi connectivity index (χ2v) is 5.99. The van der Waals surface area contributed by atoms with E-state index in [0.29, 0.717) is 5.41 Å². The molecule has 1 N–H and O–H groups in total. The second kappa shape index (κ2) is 5.09. The highest BCUT2D eigenvalue weighted by Gasteiger charge is 2.38. The molecule has 1 unspecified atom stereocenters.